The highest BCUT2D eigenvalue weighted by Gasteiger charge is 2.34. The molecular weight excluding hydrogens is 538 g/mol. The Bertz CT molecular complexity index is 1630. The Morgan fingerprint density at radius 3 is 2.61 bits per heavy atom. The van der Waals surface area contributed by atoms with Crippen molar-refractivity contribution < 1.29 is 23.2 Å². The highest BCUT2D eigenvalue weighted by atomic mass is 19.3. The summed E-state index contributed by atoms with van der Waals surface area (Å²) in [6, 6.07) is 6.54. The summed E-state index contributed by atoms with van der Waals surface area (Å²) >= 11 is 0. The van der Waals surface area contributed by atoms with Crippen LogP contribution in [0.15, 0.2) is 30.3 Å². The van der Waals surface area contributed by atoms with Crippen molar-refractivity contribution >= 4 is 28.1 Å². The van der Waals surface area contributed by atoms with Crippen molar-refractivity contribution in [3.05, 3.63) is 69.0 Å². The van der Waals surface area contributed by atoms with Crippen molar-refractivity contribution in [3.8, 4) is 5.75 Å². The number of ether oxygens (including phenoxy) is 2. The minimum Gasteiger partial charge on any atom is -0.495 e. The lowest BCUT2D eigenvalue weighted by atomic mass is 10.00. The summed E-state index contributed by atoms with van der Waals surface area (Å²) < 4.78 is 41.8. The third kappa shape index (κ3) is 5.46. The van der Waals surface area contributed by atoms with Crippen molar-refractivity contribution in [1.29, 1.82) is 0 Å². The molecule has 216 valence electrons. The Morgan fingerprint density at radius 2 is 1.90 bits per heavy atom. The van der Waals surface area contributed by atoms with Crippen molar-refractivity contribution in [1.82, 2.24) is 24.7 Å². The second-order valence-corrected chi connectivity index (χ2v) is 9.97. The van der Waals surface area contributed by atoms with Gasteiger partial charge in [0.25, 0.3) is 11.6 Å². The van der Waals surface area contributed by atoms with Gasteiger partial charge in [0.05, 0.1) is 35.8 Å². The van der Waals surface area contributed by atoms with Crippen LogP contribution in [0.3, 0.4) is 0 Å². The molecule has 0 bridgehead atoms. The molecule has 1 aliphatic rings. The Balaban J connectivity index is 1.54. The number of nitro benzene ring substituents is 1. The third-order valence-corrected chi connectivity index (χ3v) is 7.14. The van der Waals surface area contributed by atoms with E-state index < -0.39 is 34.7 Å². The molecule has 0 saturated carbocycles. The Labute approximate surface area is 234 Å². The van der Waals surface area contributed by atoms with Crippen molar-refractivity contribution in [2.45, 2.75) is 45.8 Å². The number of halogens is 2. The lowest BCUT2D eigenvalue weighted by Gasteiger charge is -2.31. The minimum absolute atomic E-state index is 0.300. The van der Waals surface area contributed by atoms with E-state index in [0.29, 0.717) is 53.5 Å². The number of fused-ring (bicyclic) bond motifs is 2. The van der Waals surface area contributed by atoms with E-state index in [1.807, 2.05) is 19.1 Å². The number of benzene rings is 2. The van der Waals surface area contributed by atoms with Gasteiger partial charge < -0.3 is 24.3 Å². The number of nitrogens with one attached hydrogen (secondary N) is 1. The van der Waals surface area contributed by atoms with Gasteiger partial charge in [-0.25, -0.2) is 9.97 Å². The topological polar surface area (TPSA) is 133 Å². The molecule has 2 aromatic carbocycles. The number of aryl methyl sites for hydroxylation is 2. The highest BCUT2D eigenvalue weighted by molar-refractivity contribution is 5.94. The molecule has 0 unspecified atom stereocenters. The number of aromatic nitrogens is 5. The third-order valence-electron chi connectivity index (χ3n) is 7.14. The SMILES string of the molecule is COCC(F)(F)c1cc([C@@H](C)Nc2nc(C)nc3cc(OC)c(N4CCn5c(C)nnc5C4)cc23)cc([N+](=O)[O-])c1. The molecule has 1 aliphatic heterocycles. The fourth-order valence-electron chi connectivity index (χ4n) is 5.04. The molecule has 2 aromatic heterocycles. The number of non-ortho nitro benzene ring substituents is 1. The molecule has 12 nitrogen and oxygen atoms in total. The predicted molar refractivity (Wildman–Crippen MR) is 148 cm³/mol. The molecule has 1 atom stereocenters. The normalized spacial score (nSPS) is 14.2. The van der Waals surface area contributed by atoms with Crippen LogP contribution in [0.25, 0.3) is 10.9 Å². The molecule has 0 aliphatic carbocycles. The smallest absolute Gasteiger partial charge is 0.296 e. The summed E-state index contributed by atoms with van der Waals surface area (Å²) in [5, 5.41) is 24.0. The van der Waals surface area contributed by atoms with Crippen molar-refractivity contribution in [3.63, 3.8) is 0 Å². The van der Waals surface area contributed by atoms with Crippen LogP contribution in [0, 0.1) is 24.0 Å². The molecule has 0 saturated heterocycles. The monoisotopic (exact) mass is 568 g/mol. The van der Waals surface area contributed by atoms with Gasteiger partial charge in [0.15, 0.2) is 5.82 Å². The van der Waals surface area contributed by atoms with Gasteiger partial charge in [-0.15, -0.1) is 10.2 Å². The second-order valence-electron chi connectivity index (χ2n) is 9.97. The first-order valence-electron chi connectivity index (χ1n) is 12.9. The molecule has 41 heavy (non-hydrogen) atoms. The number of alkyl halides is 2. The minimum atomic E-state index is -3.41. The number of methoxy groups -OCH3 is 2. The van der Waals surface area contributed by atoms with E-state index in [9.17, 15) is 18.9 Å². The highest BCUT2D eigenvalue weighted by Crippen LogP contribution is 2.38. The molecule has 3 heterocycles. The molecular formula is C27H30F2N8O4. The molecule has 0 radical (unpaired) electrons. The summed E-state index contributed by atoms with van der Waals surface area (Å²) in [5.41, 5.74) is 0.794. The largest absolute Gasteiger partial charge is 0.495 e. The fourth-order valence-corrected chi connectivity index (χ4v) is 5.04. The summed E-state index contributed by atoms with van der Waals surface area (Å²) in [6.07, 6.45) is 0. The average molecular weight is 569 g/mol. The maximum Gasteiger partial charge on any atom is 0.296 e. The number of rotatable bonds is 9. The van der Waals surface area contributed by atoms with Gasteiger partial charge in [0.1, 0.15) is 29.8 Å². The van der Waals surface area contributed by atoms with Gasteiger partial charge in [0, 0.05) is 49.3 Å². The fraction of sp³-hybridized carbons (Fsp3) is 0.407. The standard InChI is InChI=1S/C27H30F2N8O4/c1-15(18-8-19(27(28,29)14-40-4)10-20(9-18)37(38)39)30-26-21-11-23(24(41-5)12-22(21)31-16(2)32-26)35-6-7-36-17(3)33-34-25(36)13-35/h8-12,15H,6-7,13-14H2,1-5H3,(H,30,31,32)/t15-/m1/s1. The Kier molecular flexibility index (Phi) is 7.43. The lowest BCUT2D eigenvalue weighted by Crippen LogP contribution is -2.34. The van der Waals surface area contributed by atoms with Crippen LogP contribution in [0.2, 0.25) is 0 Å². The number of nitrogens with zero attached hydrogens (tertiary/aromatic N) is 7. The molecule has 1 N–H and O–H groups in total. The molecule has 14 heteroatoms. The Hall–Kier alpha value is -4.46. The van der Waals surface area contributed by atoms with Crippen LogP contribution in [-0.2, 0) is 23.7 Å². The van der Waals surface area contributed by atoms with Crippen molar-refractivity contribution in [2.75, 3.05) is 37.6 Å². The maximum atomic E-state index is 14.7. The number of hydrogen-bond acceptors (Lipinski definition) is 10. The number of hydrogen-bond donors (Lipinski definition) is 1. The zero-order chi connectivity index (χ0) is 29.5. The number of nitro groups is 1. The maximum absolute atomic E-state index is 14.7. The van der Waals surface area contributed by atoms with E-state index in [4.69, 9.17) is 4.74 Å². The van der Waals surface area contributed by atoms with E-state index in [1.165, 1.54) is 12.1 Å². The lowest BCUT2D eigenvalue weighted by molar-refractivity contribution is -0.385. The summed E-state index contributed by atoms with van der Waals surface area (Å²) in [4.78, 5) is 22.2. The van der Waals surface area contributed by atoms with E-state index >= 15 is 0 Å². The van der Waals surface area contributed by atoms with E-state index in [-0.39, 0.29) is 0 Å². The molecule has 0 fully saturated rings. The summed E-state index contributed by atoms with van der Waals surface area (Å²) in [6.45, 7) is 6.43. The summed E-state index contributed by atoms with van der Waals surface area (Å²) in [7, 11) is 2.74. The second kappa shape index (κ2) is 10.8. The zero-order valence-electron chi connectivity index (χ0n) is 23.3. The van der Waals surface area contributed by atoms with Crippen LogP contribution in [0.4, 0.5) is 26.0 Å². The number of anilines is 2. The predicted octanol–water partition coefficient (Wildman–Crippen LogP) is 4.69. The van der Waals surface area contributed by atoms with Gasteiger partial charge in [-0.1, -0.05) is 0 Å². The van der Waals surface area contributed by atoms with E-state index in [1.54, 1.807) is 21.0 Å². The first-order chi connectivity index (χ1) is 19.5. The summed E-state index contributed by atoms with van der Waals surface area (Å²) in [5.74, 6) is -0.140. The molecule has 4 aromatic rings. The first kappa shape index (κ1) is 28.1. The molecule has 0 amide bonds. The van der Waals surface area contributed by atoms with Crippen LogP contribution in [0.5, 0.6) is 5.75 Å². The van der Waals surface area contributed by atoms with E-state index in [2.05, 4.69) is 39.7 Å². The van der Waals surface area contributed by atoms with Crippen molar-refractivity contribution in [2.24, 2.45) is 0 Å². The van der Waals surface area contributed by atoms with E-state index in [0.717, 1.165) is 30.5 Å². The van der Waals surface area contributed by atoms with Gasteiger partial charge in [-0.2, -0.15) is 8.78 Å². The zero-order valence-corrected chi connectivity index (χ0v) is 23.3. The van der Waals surface area contributed by atoms with Gasteiger partial charge in [-0.05, 0) is 38.5 Å². The quantitative estimate of drug-likeness (QED) is 0.224. The Morgan fingerprint density at radius 1 is 1.12 bits per heavy atom. The van der Waals surface area contributed by atoms with Crippen LogP contribution >= 0.6 is 0 Å². The van der Waals surface area contributed by atoms with Gasteiger partial charge in [0.2, 0.25) is 0 Å². The first-order valence-corrected chi connectivity index (χ1v) is 12.9. The van der Waals surface area contributed by atoms with Crippen LogP contribution in [0.1, 0.15) is 41.6 Å². The average Bonchev–Trinajstić information content (AvgIpc) is 3.31. The molecule has 0 spiro atoms. The molecule has 5 rings (SSSR count). The van der Waals surface area contributed by atoms with Crippen LogP contribution < -0.4 is 15.0 Å². The van der Waals surface area contributed by atoms with Crippen LogP contribution in [-0.4, -0.2) is 57.0 Å². The van der Waals surface area contributed by atoms with Gasteiger partial charge >= 0.3 is 0 Å². The van der Waals surface area contributed by atoms with Gasteiger partial charge in [-0.3, -0.25) is 10.1 Å².